The van der Waals surface area contributed by atoms with Gasteiger partial charge in [0.1, 0.15) is 0 Å². The SMILES string of the molecule is CC(=O)N1CCc2cc(C(=O)N(CCC(=O)O)C3CCOCC3)ccc21. The molecule has 7 heteroatoms. The maximum absolute atomic E-state index is 13.1. The molecule has 1 aromatic carbocycles. The van der Waals surface area contributed by atoms with Crippen molar-refractivity contribution in [2.75, 3.05) is 31.2 Å². The summed E-state index contributed by atoms with van der Waals surface area (Å²) < 4.78 is 5.36. The average Bonchev–Trinajstić information content (AvgIpc) is 3.05. The number of hydrogen-bond donors (Lipinski definition) is 1. The van der Waals surface area contributed by atoms with Gasteiger partial charge in [-0.3, -0.25) is 14.4 Å². The lowest BCUT2D eigenvalue weighted by Crippen LogP contribution is -2.44. The van der Waals surface area contributed by atoms with Gasteiger partial charge in [0.2, 0.25) is 5.91 Å². The van der Waals surface area contributed by atoms with E-state index in [-0.39, 0.29) is 30.8 Å². The predicted octanol–water partition coefficient (Wildman–Crippen LogP) is 1.69. The largest absolute Gasteiger partial charge is 0.481 e. The lowest BCUT2D eigenvalue weighted by Gasteiger charge is -2.34. The van der Waals surface area contributed by atoms with Crippen LogP contribution in [0.25, 0.3) is 0 Å². The summed E-state index contributed by atoms with van der Waals surface area (Å²) in [6.07, 6.45) is 2.08. The smallest absolute Gasteiger partial charge is 0.305 e. The summed E-state index contributed by atoms with van der Waals surface area (Å²) in [5.41, 5.74) is 2.39. The molecule has 2 heterocycles. The zero-order chi connectivity index (χ0) is 18.7. The highest BCUT2D eigenvalue weighted by molar-refractivity contribution is 5.98. The summed E-state index contributed by atoms with van der Waals surface area (Å²) in [7, 11) is 0. The van der Waals surface area contributed by atoms with Crippen LogP contribution in [0.4, 0.5) is 5.69 Å². The number of anilines is 1. The molecular weight excluding hydrogens is 336 g/mol. The Balaban J connectivity index is 1.82. The lowest BCUT2D eigenvalue weighted by molar-refractivity contribution is -0.137. The van der Waals surface area contributed by atoms with Crippen LogP contribution in [0.2, 0.25) is 0 Å². The van der Waals surface area contributed by atoms with Crippen LogP contribution in [0.3, 0.4) is 0 Å². The number of rotatable bonds is 5. The van der Waals surface area contributed by atoms with Crippen LogP contribution < -0.4 is 4.90 Å². The van der Waals surface area contributed by atoms with Gasteiger partial charge >= 0.3 is 5.97 Å². The van der Waals surface area contributed by atoms with Crippen molar-refractivity contribution in [3.63, 3.8) is 0 Å². The first-order valence-electron chi connectivity index (χ1n) is 8.99. The van der Waals surface area contributed by atoms with Gasteiger partial charge in [-0.2, -0.15) is 0 Å². The minimum atomic E-state index is -0.916. The van der Waals surface area contributed by atoms with E-state index in [9.17, 15) is 14.4 Å². The molecule has 0 bridgehead atoms. The number of aliphatic carboxylic acids is 1. The molecule has 0 radical (unpaired) electrons. The number of fused-ring (bicyclic) bond motifs is 1. The van der Waals surface area contributed by atoms with Crippen molar-refractivity contribution < 1.29 is 24.2 Å². The Morgan fingerprint density at radius 3 is 2.65 bits per heavy atom. The molecular formula is C19H24N2O5. The first-order chi connectivity index (χ1) is 12.5. The molecule has 2 amide bonds. The van der Waals surface area contributed by atoms with E-state index in [4.69, 9.17) is 9.84 Å². The number of amides is 2. The van der Waals surface area contributed by atoms with Crippen LogP contribution in [0.5, 0.6) is 0 Å². The fraction of sp³-hybridized carbons (Fsp3) is 0.526. The minimum absolute atomic E-state index is 0.00225. The summed E-state index contributed by atoms with van der Waals surface area (Å²) >= 11 is 0. The summed E-state index contributed by atoms with van der Waals surface area (Å²) in [5.74, 6) is -1.07. The number of carboxylic acids is 1. The molecule has 1 aromatic rings. The van der Waals surface area contributed by atoms with Crippen LogP contribution in [0.15, 0.2) is 18.2 Å². The maximum atomic E-state index is 13.1. The number of carbonyl (C=O) groups is 3. The highest BCUT2D eigenvalue weighted by Crippen LogP contribution is 2.30. The Bertz CT molecular complexity index is 712. The highest BCUT2D eigenvalue weighted by Gasteiger charge is 2.29. The monoisotopic (exact) mass is 360 g/mol. The molecule has 0 atom stereocenters. The number of benzene rings is 1. The second kappa shape index (κ2) is 7.86. The Morgan fingerprint density at radius 1 is 1.27 bits per heavy atom. The van der Waals surface area contributed by atoms with Crippen LogP contribution in [0.1, 0.15) is 42.1 Å². The topological polar surface area (TPSA) is 87.2 Å². The van der Waals surface area contributed by atoms with Crippen molar-refractivity contribution in [2.45, 2.75) is 38.6 Å². The zero-order valence-corrected chi connectivity index (χ0v) is 14.9. The number of nitrogens with zero attached hydrogens (tertiary/aromatic N) is 2. The van der Waals surface area contributed by atoms with Crippen molar-refractivity contribution >= 4 is 23.5 Å². The van der Waals surface area contributed by atoms with Gasteiger partial charge in [0.25, 0.3) is 5.91 Å². The molecule has 1 saturated heterocycles. The molecule has 2 aliphatic heterocycles. The van der Waals surface area contributed by atoms with E-state index >= 15 is 0 Å². The van der Waals surface area contributed by atoms with Crippen LogP contribution in [-0.2, 0) is 20.7 Å². The van der Waals surface area contributed by atoms with Gasteiger partial charge in [0.05, 0.1) is 6.42 Å². The quantitative estimate of drug-likeness (QED) is 0.863. The van der Waals surface area contributed by atoms with Crippen molar-refractivity contribution in [3.8, 4) is 0 Å². The number of hydrogen-bond acceptors (Lipinski definition) is 4. The summed E-state index contributed by atoms with van der Waals surface area (Å²) in [4.78, 5) is 39.1. The third-order valence-corrected chi connectivity index (χ3v) is 5.06. The van der Waals surface area contributed by atoms with Gasteiger partial charge in [0, 0.05) is 50.5 Å². The van der Waals surface area contributed by atoms with Gasteiger partial charge in [-0.1, -0.05) is 0 Å². The normalized spacial score (nSPS) is 17.0. The fourth-order valence-electron chi connectivity index (χ4n) is 3.69. The van der Waals surface area contributed by atoms with Crippen molar-refractivity contribution in [2.24, 2.45) is 0 Å². The van der Waals surface area contributed by atoms with Crippen molar-refractivity contribution in [3.05, 3.63) is 29.3 Å². The Morgan fingerprint density at radius 2 is 2.00 bits per heavy atom. The lowest BCUT2D eigenvalue weighted by atomic mass is 10.0. The molecule has 0 aliphatic carbocycles. The first-order valence-corrected chi connectivity index (χ1v) is 8.99. The second-order valence-corrected chi connectivity index (χ2v) is 6.75. The number of carboxylic acid groups (broad SMARTS) is 1. The van der Waals surface area contributed by atoms with Gasteiger partial charge in [-0.15, -0.1) is 0 Å². The highest BCUT2D eigenvalue weighted by atomic mass is 16.5. The van der Waals surface area contributed by atoms with E-state index in [1.165, 1.54) is 6.92 Å². The Kier molecular flexibility index (Phi) is 5.56. The molecule has 1 N–H and O–H groups in total. The van der Waals surface area contributed by atoms with Crippen LogP contribution >= 0.6 is 0 Å². The Hall–Kier alpha value is -2.41. The molecule has 2 aliphatic rings. The van der Waals surface area contributed by atoms with Crippen LogP contribution in [0, 0.1) is 0 Å². The molecule has 1 fully saturated rings. The third-order valence-electron chi connectivity index (χ3n) is 5.06. The van der Waals surface area contributed by atoms with Gasteiger partial charge in [0.15, 0.2) is 0 Å². The standard InChI is InChI=1S/C19H24N2O5/c1-13(22)20-8-4-14-12-15(2-3-17(14)20)19(25)21(9-5-18(23)24)16-6-10-26-11-7-16/h2-3,12,16H,4-11H2,1H3,(H,23,24). The summed E-state index contributed by atoms with van der Waals surface area (Å²) in [6.45, 7) is 3.52. The molecule has 0 aromatic heterocycles. The average molecular weight is 360 g/mol. The van der Waals surface area contributed by atoms with Crippen molar-refractivity contribution in [1.29, 1.82) is 0 Å². The third kappa shape index (κ3) is 3.88. The maximum Gasteiger partial charge on any atom is 0.305 e. The summed E-state index contributed by atoms with van der Waals surface area (Å²) in [5, 5.41) is 9.02. The Labute approximate surface area is 152 Å². The molecule has 140 valence electrons. The van der Waals surface area contributed by atoms with Gasteiger partial charge < -0.3 is 19.6 Å². The van der Waals surface area contributed by atoms with E-state index in [0.29, 0.717) is 38.2 Å². The molecule has 7 nitrogen and oxygen atoms in total. The minimum Gasteiger partial charge on any atom is -0.481 e. The molecule has 26 heavy (non-hydrogen) atoms. The summed E-state index contributed by atoms with van der Waals surface area (Å²) in [6, 6.07) is 5.39. The molecule has 0 spiro atoms. The molecule has 0 unspecified atom stereocenters. The zero-order valence-electron chi connectivity index (χ0n) is 14.9. The predicted molar refractivity (Wildman–Crippen MR) is 95.3 cm³/mol. The fourth-order valence-corrected chi connectivity index (χ4v) is 3.69. The van der Waals surface area contributed by atoms with Gasteiger partial charge in [-0.25, -0.2) is 0 Å². The number of carbonyl (C=O) groups excluding carboxylic acids is 2. The van der Waals surface area contributed by atoms with Gasteiger partial charge in [-0.05, 0) is 43.0 Å². The second-order valence-electron chi connectivity index (χ2n) is 6.75. The van der Waals surface area contributed by atoms with Crippen LogP contribution in [-0.4, -0.2) is 60.1 Å². The van der Waals surface area contributed by atoms with E-state index in [2.05, 4.69) is 0 Å². The van der Waals surface area contributed by atoms with E-state index < -0.39 is 5.97 Å². The van der Waals surface area contributed by atoms with E-state index in [0.717, 1.165) is 17.7 Å². The van der Waals surface area contributed by atoms with E-state index in [1.54, 1.807) is 15.9 Å². The number of ether oxygens (including phenoxy) is 1. The van der Waals surface area contributed by atoms with Crippen molar-refractivity contribution in [1.82, 2.24) is 4.90 Å². The van der Waals surface area contributed by atoms with E-state index in [1.807, 2.05) is 12.1 Å². The first kappa shape index (κ1) is 18.4. The molecule has 3 rings (SSSR count). The molecule has 0 saturated carbocycles.